The zero-order valence-electron chi connectivity index (χ0n) is 12.4. The Morgan fingerprint density at radius 3 is 2.27 bits per heavy atom. The van der Waals surface area contributed by atoms with Gasteiger partial charge in [0.15, 0.2) is 0 Å². The Labute approximate surface area is 128 Å². The van der Waals surface area contributed by atoms with Gasteiger partial charge in [-0.3, -0.25) is 5.32 Å². The first-order chi connectivity index (χ1) is 10.6. The summed E-state index contributed by atoms with van der Waals surface area (Å²) < 4.78 is 10.3. The molecule has 2 aromatic carbocycles. The van der Waals surface area contributed by atoms with Crippen LogP contribution in [0.1, 0.15) is 24.2 Å². The number of nitrogens with one attached hydrogen (secondary N) is 1. The van der Waals surface area contributed by atoms with Gasteiger partial charge in [0.2, 0.25) is 0 Å². The van der Waals surface area contributed by atoms with E-state index in [1.807, 2.05) is 6.07 Å². The Morgan fingerprint density at radius 2 is 1.59 bits per heavy atom. The lowest BCUT2D eigenvalue weighted by molar-refractivity contribution is 0.0375. The van der Waals surface area contributed by atoms with Crippen LogP contribution in [0, 0.1) is 0 Å². The number of ether oxygens (including phenoxy) is 2. The lowest BCUT2D eigenvalue weighted by Gasteiger charge is -2.12. The first-order valence-corrected chi connectivity index (χ1v) is 6.90. The normalized spacial score (nSPS) is 10.1. The minimum atomic E-state index is -0.670. The molecule has 2 rings (SSSR count). The number of rotatable bonds is 4. The Bertz CT molecular complexity index is 653. The van der Waals surface area contributed by atoms with E-state index in [-0.39, 0.29) is 17.4 Å². The number of esters is 1. The predicted octanol–water partition coefficient (Wildman–Crippen LogP) is 3.86. The van der Waals surface area contributed by atoms with E-state index in [1.54, 1.807) is 62.4 Å². The molecular formula is C17H17NO4. The highest BCUT2D eigenvalue weighted by atomic mass is 16.6. The molecule has 0 aliphatic rings. The number of amides is 1. The zero-order chi connectivity index (χ0) is 15.9. The summed E-state index contributed by atoms with van der Waals surface area (Å²) in [5, 5.41) is 2.58. The molecule has 0 bridgehead atoms. The molecule has 22 heavy (non-hydrogen) atoms. The minimum Gasteiger partial charge on any atom is -0.459 e. The second kappa shape index (κ2) is 7.26. The van der Waals surface area contributed by atoms with Crippen LogP contribution in [0.25, 0.3) is 0 Å². The summed E-state index contributed by atoms with van der Waals surface area (Å²) in [6.07, 6.45) is -0.922. The molecule has 0 saturated carbocycles. The summed E-state index contributed by atoms with van der Waals surface area (Å²) in [5.41, 5.74) is 0.814. The molecule has 0 heterocycles. The molecule has 0 unspecified atom stereocenters. The van der Waals surface area contributed by atoms with E-state index < -0.39 is 12.1 Å². The number of anilines is 1. The second-order valence-electron chi connectivity index (χ2n) is 4.83. The van der Waals surface area contributed by atoms with Gasteiger partial charge < -0.3 is 9.47 Å². The summed E-state index contributed by atoms with van der Waals surface area (Å²) in [7, 11) is 0. The molecule has 0 radical (unpaired) electrons. The number of hydrogen-bond donors (Lipinski definition) is 1. The van der Waals surface area contributed by atoms with Crippen molar-refractivity contribution in [3.8, 4) is 5.75 Å². The third-order valence-electron chi connectivity index (χ3n) is 2.67. The summed E-state index contributed by atoms with van der Waals surface area (Å²) >= 11 is 0. The Morgan fingerprint density at radius 1 is 0.955 bits per heavy atom. The van der Waals surface area contributed by atoms with Gasteiger partial charge in [-0.25, -0.2) is 9.59 Å². The van der Waals surface area contributed by atoms with E-state index in [0.717, 1.165) is 0 Å². The van der Waals surface area contributed by atoms with Crippen molar-refractivity contribution in [2.75, 3.05) is 5.32 Å². The van der Waals surface area contributed by atoms with Gasteiger partial charge >= 0.3 is 12.1 Å². The third-order valence-corrected chi connectivity index (χ3v) is 2.67. The van der Waals surface area contributed by atoms with Crippen LogP contribution < -0.4 is 10.1 Å². The number of benzene rings is 2. The van der Waals surface area contributed by atoms with E-state index in [4.69, 9.17) is 9.47 Å². The van der Waals surface area contributed by atoms with Crippen molar-refractivity contribution in [2.45, 2.75) is 20.0 Å². The summed E-state index contributed by atoms with van der Waals surface area (Å²) in [6.45, 7) is 3.51. The van der Waals surface area contributed by atoms with Crippen LogP contribution >= 0.6 is 0 Å². The first-order valence-electron chi connectivity index (χ1n) is 6.90. The Balaban J connectivity index is 2.09. The molecule has 1 N–H and O–H groups in total. The van der Waals surface area contributed by atoms with Crippen LogP contribution in [0.5, 0.6) is 5.75 Å². The summed E-state index contributed by atoms with van der Waals surface area (Å²) in [5.74, 6) is -0.375. The fraction of sp³-hybridized carbons (Fsp3) is 0.176. The molecule has 5 nitrogen and oxygen atoms in total. The van der Waals surface area contributed by atoms with Gasteiger partial charge in [0.05, 0.1) is 6.10 Å². The average Bonchev–Trinajstić information content (AvgIpc) is 2.48. The number of para-hydroxylation sites is 2. The van der Waals surface area contributed by atoms with Crippen LogP contribution in [0.15, 0.2) is 54.6 Å². The first kappa shape index (κ1) is 15.6. The van der Waals surface area contributed by atoms with Gasteiger partial charge in [-0.05, 0) is 38.1 Å². The fourth-order valence-corrected chi connectivity index (χ4v) is 1.77. The molecular weight excluding hydrogens is 282 g/mol. The lowest BCUT2D eigenvalue weighted by atomic mass is 10.2. The number of carbonyl (C=O) groups excluding carboxylic acids is 2. The van der Waals surface area contributed by atoms with Crippen molar-refractivity contribution >= 4 is 17.7 Å². The predicted molar refractivity (Wildman–Crippen MR) is 83.1 cm³/mol. The fourth-order valence-electron chi connectivity index (χ4n) is 1.77. The summed E-state index contributed by atoms with van der Waals surface area (Å²) in [6, 6.07) is 15.4. The van der Waals surface area contributed by atoms with Gasteiger partial charge in [0.1, 0.15) is 11.3 Å². The Kier molecular flexibility index (Phi) is 5.14. The molecule has 0 fully saturated rings. The number of hydrogen-bond acceptors (Lipinski definition) is 4. The molecule has 0 spiro atoms. The van der Waals surface area contributed by atoms with Gasteiger partial charge in [-0.15, -0.1) is 0 Å². The van der Waals surface area contributed by atoms with Crippen molar-refractivity contribution in [3.05, 3.63) is 60.2 Å². The maximum atomic E-state index is 12.0. The van der Waals surface area contributed by atoms with Gasteiger partial charge in [0.25, 0.3) is 0 Å². The molecule has 0 aliphatic heterocycles. The standard InChI is InChI=1S/C17H17NO4/c1-12(2)21-16(19)14-10-6-7-11-15(14)22-17(20)18-13-8-4-3-5-9-13/h3-12H,1-2H3,(H,18,20). The van der Waals surface area contributed by atoms with Gasteiger partial charge in [0, 0.05) is 5.69 Å². The minimum absolute atomic E-state index is 0.154. The monoisotopic (exact) mass is 299 g/mol. The molecule has 5 heteroatoms. The maximum absolute atomic E-state index is 12.0. The molecule has 0 aliphatic carbocycles. The zero-order valence-corrected chi connectivity index (χ0v) is 12.4. The van der Waals surface area contributed by atoms with Crippen LogP contribution in [-0.4, -0.2) is 18.2 Å². The van der Waals surface area contributed by atoms with E-state index in [1.165, 1.54) is 0 Å². The van der Waals surface area contributed by atoms with E-state index >= 15 is 0 Å². The van der Waals surface area contributed by atoms with Crippen LogP contribution in [0.4, 0.5) is 10.5 Å². The topological polar surface area (TPSA) is 64.6 Å². The van der Waals surface area contributed by atoms with E-state index in [2.05, 4.69) is 5.32 Å². The molecule has 0 saturated heterocycles. The molecule has 114 valence electrons. The molecule has 0 aromatic heterocycles. The highest BCUT2D eigenvalue weighted by molar-refractivity contribution is 5.94. The van der Waals surface area contributed by atoms with Crippen molar-refractivity contribution < 1.29 is 19.1 Å². The SMILES string of the molecule is CC(C)OC(=O)c1ccccc1OC(=O)Nc1ccccc1. The van der Waals surface area contributed by atoms with E-state index in [9.17, 15) is 9.59 Å². The third kappa shape index (κ3) is 4.34. The second-order valence-corrected chi connectivity index (χ2v) is 4.83. The number of carbonyl (C=O) groups is 2. The maximum Gasteiger partial charge on any atom is 0.417 e. The van der Waals surface area contributed by atoms with Crippen molar-refractivity contribution in [1.82, 2.24) is 0 Å². The highest BCUT2D eigenvalue weighted by Crippen LogP contribution is 2.20. The molecule has 1 amide bonds. The molecule has 2 aromatic rings. The van der Waals surface area contributed by atoms with Crippen molar-refractivity contribution in [1.29, 1.82) is 0 Å². The van der Waals surface area contributed by atoms with E-state index in [0.29, 0.717) is 5.69 Å². The summed E-state index contributed by atoms with van der Waals surface area (Å²) in [4.78, 5) is 23.9. The lowest BCUT2D eigenvalue weighted by Crippen LogP contribution is -2.19. The highest BCUT2D eigenvalue weighted by Gasteiger charge is 2.17. The average molecular weight is 299 g/mol. The van der Waals surface area contributed by atoms with Crippen molar-refractivity contribution in [3.63, 3.8) is 0 Å². The largest absolute Gasteiger partial charge is 0.459 e. The van der Waals surface area contributed by atoms with Crippen LogP contribution in [0.3, 0.4) is 0 Å². The van der Waals surface area contributed by atoms with Crippen molar-refractivity contribution in [2.24, 2.45) is 0 Å². The van der Waals surface area contributed by atoms with Crippen LogP contribution in [0.2, 0.25) is 0 Å². The van der Waals surface area contributed by atoms with Gasteiger partial charge in [-0.2, -0.15) is 0 Å². The quantitative estimate of drug-likeness (QED) is 0.871. The van der Waals surface area contributed by atoms with Crippen LogP contribution in [-0.2, 0) is 4.74 Å². The Hall–Kier alpha value is -2.82. The smallest absolute Gasteiger partial charge is 0.417 e. The molecule has 0 atom stereocenters. The van der Waals surface area contributed by atoms with Gasteiger partial charge in [-0.1, -0.05) is 30.3 Å².